The first kappa shape index (κ1) is 25.4. The second-order valence-electron chi connectivity index (χ2n) is 7.12. The van der Waals surface area contributed by atoms with E-state index in [9.17, 15) is 23.6 Å². The van der Waals surface area contributed by atoms with Crippen molar-refractivity contribution in [1.29, 1.82) is 0 Å². The molecule has 1 atom stereocenters. The largest absolute Gasteiger partial charge is 0.370 e. The van der Waals surface area contributed by atoms with Gasteiger partial charge in [-0.15, -0.1) is 11.3 Å². The van der Waals surface area contributed by atoms with Crippen LogP contribution in [0.1, 0.15) is 16.6 Å². The minimum absolute atomic E-state index is 0.0866. The van der Waals surface area contributed by atoms with E-state index in [4.69, 9.17) is 16.3 Å². The molecule has 5 amide bonds. The number of nitrogens with zero attached hydrogens (tertiary/aromatic N) is 1. The van der Waals surface area contributed by atoms with E-state index in [0.717, 1.165) is 17.4 Å². The van der Waals surface area contributed by atoms with Crippen molar-refractivity contribution in [1.82, 2.24) is 16.0 Å². The molecule has 2 aromatic rings. The number of halogens is 2. The summed E-state index contributed by atoms with van der Waals surface area (Å²) in [6, 6.07) is 5.22. The summed E-state index contributed by atoms with van der Waals surface area (Å²) in [6.45, 7) is 2.31. The Morgan fingerprint density at radius 2 is 2.03 bits per heavy atom. The highest BCUT2D eigenvalue weighted by molar-refractivity contribution is 7.18. The van der Waals surface area contributed by atoms with Crippen molar-refractivity contribution in [2.24, 2.45) is 0 Å². The third-order valence-electron chi connectivity index (χ3n) is 4.73. The number of morpholine rings is 1. The lowest BCUT2D eigenvalue weighted by Crippen LogP contribution is -2.53. The number of thiophene rings is 1. The molecule has 34 heavy (non-hydrogen) atoms. The fourth-order valence-corrected chi connectivity index (χ4v) is 4.04. The molecule has 0 saturated carbocycles. The number of benzene rings is 1. The lowest BCUT2D eigenvalue weighted by atomic mass is 10.2. The van der Waals surface area contributed by atoms with Gasteiger partial charge in [-0.1, -0.05) is 11.6 Å². The van der Waals surface area contributed by atoms with E-state index in [0.29, 0.717) is 28.1 Å². The number of anilines is 2. The zero-order chi connectivity index (χ0) is 24.7. The minimum atomic E-state index is -1.20. The van der Waals surface area contributed by atoms with Crippen molar-refractivity contribution in [3.05, 3.63) is 45.4 Å². The van der Waals surface area contributed by atoms with Crippen LogP contribution in [0, 0.1) is 5.82 Å². The Hall–Kier alpha value is -3.22. The van der Waals surface area contributed by atoms with Crippen LogP contribution in [0.4, 0.5) is 20.6 Å². The Morgan fingerprint density at radius 3 is 2.68 bits per heavy atom. The molecule has 0 aliphatic carbocycles. The van der Waals surface area contributed by atoms with E-state index in [1.807, 2.05) is 0 Å². The number of nitrogens with one attached hydrogen (secondary N) is 4. The van der Waals surface area contributed by atoms with Crippen molar-refractivity contribution in [2.45, 2.75) is 13.0 Å². The molecule has 0 bridgehead atoms. The van der Waals surface area contributed by atoms with E-state index in [2.05, 4.69) is 21.3 Å². The molecular weight excluding hydrogens is 489 g/mol. The summed E-state index contributed by atoms with van der Waals surface area (Å²) in [6.07, 6.45) is 0. The second kappa shape index (κ2) is 11.8. The minimum Gasteiger partial charge on any atom is -0.370 e. The standard InChI is InChI=1S/C21H23ClFN5O5S/c1-2-24-21(32)27-15(10-25-20(31)16-5-6-17(22)34-16)19(30)26-14-4-3-12(9-13(14)23)28-7-8-33-11-18(28)29/h3-6,9,15H,2,7-8,10-11H2,1H3,(H,25,31)(H,26,30)(H2,24,27,32)/t15-/m1/s1. The molecule has 0 unspecified atom stereocenters. The van der Waals surface area contributed by atoms with Gasteiger partial charge < -0.3 is 30.9 Å². The summed E-state index contributed by atoms with van der Waals surface area (Å²) in [4.78, 5) is 50.8. The molecule has 1 saturated heterocycles. The topological polar surface area (TPSA) is 129 Å². The number of ether oxygens (including phenoxy) is 1. The molecule has 4 N–H and O–H groups in total. The van der Waals surface area contributed by atoms with Gasteiger partial charge in [-0.2, -0.15) is 0 Å². The first-order valence-electron chi connectivity index (χ1n) is 10.3. The first-order valence-corrected chi connectivity index (χ1v) is 11.5. The van der Waals surface area contributed by atoms with Gasteiger partial charge in [0, 0.05) is 25.3 Å². The van der Waals surface area contributed by atoms with Gasteiger partial charge in [0.2, 0.25) is 5.91 Å². The molecule has 1 aliphatic rings. The van der Waals surface area contributed by atoms with E-state index < -0.39 is 29.7 Å². The highest BCUT2D eigenvalue weighted by Gasteiger charge is 2.25. The number of urea groups is 1. The van der Waals surface area contributed by atoms with Gasteiger partial charge in [-0.05, 0) is 37.3 Å². The average Bonchev–Trinajstić information content (AvgIpc) is 3.24. The second-order valence-corrected chi connectivity index (χ2v) is 8.84. The van der Waals surface area contributed by atoms with Crippen molar-refractivity contribution < 1.29 is 28.3 Å². The zero-order valence-corrected chi connectivity index (χ0v) is 19.7. The normalized spacial score (nSPS) is 14.3. The number of hydrogen-bond donors (Lipinski definition) is 4. The fraction of sp³-hybridized carbons (Fsp3) is 0.333. The Bertz CT molecular complexity index is 1080. The quantitative estimate of drug-likeness (QED) is 0.430. The predicted octanol–water partition coefficient (Wildman–Crippen LogP) is 1.96. The van der Waals surface area contributed by atoms with Gasteiger partial charge in [0.1, 0.15) is 18.5 Å². The number of amides is 5. The number of carbonyl (C=O) groups excluding carboxylic acids is 4. The van der Waals surface area contributed by atoms with Crippen LogP contribution >= 0.6 is 22.9 Å². The summed E-state index contributed by atoms with van der Waals surface area (Å²) in [5, 5.41) is 9.92. The first-order chi connectivity index (χ1) is 16.3. The van der Waals surface area contributed by atoms with Crippen molar-refractivity contribution >= 4 is 58.1 Å². The van der Waals surface area contributed by atoms with Gasteiger partial charge in [0.15, 0.2) is 0 Å². The summed E-state index contributed by atoms with van der Waals surface area (Å²) in [5.41, 5.74) is 0.191. The van der Waals surface area contributed by atoms with Crippen LogP contribution in [0.2, 0.25) is 4.34 Å². The van der Waals surface area contributed by atoms with Gasteiger partial charge >= 0.3 is 6.03 Å². The lowest BCUT2D eigenvalue weighted by Gasteiger charge is -2.27. The van der Waals surface area contributed by atoms with Crippen molar-refractivity contribution in [2.75, 3.05) is 43.1 Å². The maximum absolute atomic E-state index is 14.7. The molecule has 0 radical (unpaired) electrons. The van der Waals surface area contributed by atoms with Crippen LogP contribution in [0.3, 0.4) is 0 Å². The highest BCUT2D eigenvalue weighted by atomic mass is 35.5. The Kier molecular flexibility index (Phi) is 8.79. The number of rotatable bonds is 8. The molecule has 1 fully saturated rings. The molecule has 1 aromatic heterocycles. The van der Waals surface area contributed by atoms with Crippen LogP contribution < -0.4 is 26.2 Å². The van der Waals surface area contributed by atoms with Crippen molar-refractivity contribution in [3.8, 4) is 0 Å². The molecule has 13 heteroatoms. The molecule has 1 aromatic carbocycles. The maximum atomic E-state index is 14.7. The summed E-state index contributed by atoms with van der Waals surface area (Å²) in [7, 11) is 0. The molecular formula is C21H23ClFN5O5S. The average molecular weight is 512 g/mol. The van der Waals surface area contributed by atoms with Gasteiger partial charge in [0.25, 0.3) is 11.8 Å². The Labute approximate surface area is 203 Å². The molecule has 1 aliphatic heterocycles. The van der Waals surface area contributed by atoms with Crippen LogP contribution in [0.5, 0.6) is 0 Å². The van der Waals surface area contributed by atoms with Gasteiger partial charge in [-0.25, -0.2) is 9.18 Å². The third kappa shape index (κ3) is 6.65. The van der Waals surface area contributed by atoms with E-state index in [-0.39, 0.29) is 31.3 Å². The molecule has 10 nitrogen and oxygen atoms in total. The summed E-state index contributed by atoms with van der Waals surface area (Å²) >= 11 is 6.90. The maximum Gasteiger partial charge on any atom is 0.315 e. The van der Waals surface area contributed by atoms with Gasteiger partial charge in [-0.3, -0.25) is 14.4 Å². The van der Waals surface area contributed by atoms with E-state index in [1.165, 1.54) is 23.1 Å². The van der Waals surface area contributed by atoms with Crippen LogP contribution in [-0.2, 0) is 14.3 Å². The molecule has 0 spiro atoms. The van der Waals surface area contributed by atoms with Crippen molar-refractivity contribution in [3.63, 3.8) is 0 Å². The Morgan fingerprint density at radius 1 is 1.24 bits per heavy atom. The fourth-order valence-electron chi connectivity index (χ4n) is 3.08. The molecule has 3 rings (SSSR count). The zero-order valence-electron chi connectivity index (χ0n) is 18.2. The van der Waals surface area contributed by atoms with E-state index >= 15 is 0 Å². The Balaban J connectivity index is 1.69. The summed E-state index contributed by atoms with van der Waals surface area (Å²) in [5.74, 6) is -2.28. The van der Waals surface area contributed by atoms with Crippen LogP contribution in [0.25, 0.3) is 0 Å². The highest BCUT2D eigenvalue weighted by Crippen LogP contribution is 2.24. The van der Waals surface area contributed by atoms with Gasteiger partial charge in [0.05, 0.1) is 21.5 Å². The molecule has 182 valence electrons. The monoisotopic (exact) mass is 511 g/mol. The van der Waals surface area contributed by atoms with Crippen LogP contribution in [0.15, 0.2) is 30.3 Å². The number of hydrogen-bond acceptors (Lipinski definition) is 6. The molecule has 2 heterocycles. The lowest BCUT2D eigenvalue weighted by molar-refractivity contribution is -0.125. The summed E-state index contributed by atoms with van der Waals surface area (Å²) < 4.78 is 20.2. The third-order valence-corrected chi connectivity index (χ3v) is 5.96. The number of carbonyl (C=O) groups is 4. The van der Waals surface area contributed by atoms with Crippen LogP contribution in [-0.4, -0.2) is 62.6 Å². The SMILES string of the molecule is CCNC(=O)N[C@H](CNC(=O)c1ccc(Cl)s1)C(=O)Nc1ccc(N2CCOCC2=O)cc1F. The van der Waals surface area contributed by atoms with E-state index in [1.54, 1.807) is 13.0 Å². The predicted molar refractivity (Wildman–Crippen MR) is 126 cm³/mol. The smallest absolute Gasteiger partial charge is 0.315 e.